The van der Waals surface area contributed by atoms with Gasteiger partial charge in [0.15, 0.2) is 5.13 Å². The van der Waals surface area contributed by atoms with Crippen LogP contribution < -0.4 is 5.32 Å². The molecule has 28 heavy (non-hydrogen) atoms. The Balaban J connectivity index is 1.43. The molecule has 0 fully saturated rings. The van der Waals surface area contributed by atoms with E-state index >= 15 is 0 Å². The number of aromatic nitrogens is 1. The lowest BCUT2D eigenvalue weighted by atomic mass is 10.1. The summed E-state index contributed by atoms with van der Waals surface area (Å²) >= 11 is 1.49. The zero-order chi connectivity index (χ0) is 19.6. The van der Waals surface area contributed by atoms with Gasteiger partial charge in [-0.15, -0.1) is 11.3 Å². The molecular weight excluding hydrogens is 364 g/mol. The molecule has 3 nitrogen and oxygen atoms in total. The van der Waals surface area contributed by atoms with Crippen LogP contribution in [0.4, 0.5) is 5.13 Å². The van der Waals surface area contributed by atoms with Crippen LogP contribution in [0.5, 0.6) is 0 Å². The molecule has 2 aromatic carbocycles. The second-order valence-electron chi connectivity index (χ2n) is 7.37. The summed E-state index contributed by atoms with van der Waals surface area (Å²) in [6.45, 7) is 2.24. The lowest BCUT2D eigenvalue weighted by Gasteiger charge is -2.03. The van der Waals surface area contributed by atoms with Gasteiger partial charge in [0.05, 0.1) is 5.69 Å². The summed E-state index contributed by atoms with van der Waals surface area (Å²) in [4.78, 5) is 16.8. The number of anilines is 1. The highest BCUT2D eigenvalue weighted by molar-refractivity contribution is 7.14. The van der Waals surface area contributed by atoms with Crippen molar-refractivity contribution in [2.75, 3.05) is 5.32 Å². The minimum Gasteiger partial charge on any atom is -0.302 e. The van der Waals surface area contributed by atoms with Crippen LogP contribution in [0.25, 0.3) is 22.0 Å². The van der Waals surface area contributed by atoms with Gasteiger partial charge < -0.3 is 5.32 Å². The average molecular weight is 395 g/mol. The Morgan fingerprint density at radius 1 is 0.929 bits per heavy atom. The fraction of sp³-hybridized carbons (Fsp3) is 0.417. The number of unbranched alkanes of at least 4 members (excludes halogenated alkanes) is 7. The fourth-order valence-electron chi connectivity index (χ4n) is 3.41. The van der Waals surface area contributed by atoms with Crippen LogP contribution in [0.15, 0.2) is 47.8 Å². The molecule has 0 radical (unpaired) electrons. The van der Waals surface area contributed by atoms with E-state index in [-0.39, 0.29) is 5.91 Å². The Kier molecular flexibility index (Phi) is 8.04. The fourth-order valence-corrected chi connectivity index (χ4v) is 4.15. The number of thiazole rings is 1. The molecule has 1 heterocycles. The summed E-state index contributed by atoms with van der Waals surface area (Å²) in [5, 5.41) is 8.08. The van der Waals surface area contributed by atoms with E-state index in [1.807, 2.05) is 17.5 Å². The minimum atomic E-state index is 0.0744. The van der Waals surface area contributed by atoms with Gasteiger partial charge in [0.2, 0.25) is 5.91 Å². The smallest absolute Gasteiger partial charge is 0.226 e. The molecule has 0 aliphatic carbocycles. The van der Waals surface area contributed by atoms with Crippen molar-refractivity contribution in [2.24, 2.45) is 0 Å². The molecule has 0 atom stereocenters. The molecule has 0 unspecified atom stereocenters. The molecule has 0 aliphatic rings. The summed E-state index contributed by atoms with van der Waals surface area (Å²) < 4.78 is 0. The van der Waals surface area contributed by atoms with Crippen LogP contribution in [0.1, 0.15) is 64.7 Å². The number of amides is 1. The first kappa shape index (κ1) is 20.5. The van der Waals surface area contributed by atoms with Crippen LogP contribution in [-0.2, 0) is 4.79 Å². The van der Waals surface area contributed by atoms with Gasteiger partial charge in [-0.25, -0.2) is 4.98 Å². The Hall–Kier alpha value is -2.20. The van der Waals surface area contributed by atoms with Crippen LogP contribution in [0.3, 0.4) is 0 Å². The third-order valence-corrected chi connectivity index (χ3v) is 5.81. The second kappa shape index (κ2) is 11.0. The molecule has 4 heteroatoms. The molecule has 148 valence electrons. The molecule has 3 rings (SSSR count). The average Bonchev–Trinajstić information content (AvgIpc) is 3.18. The van der Waals surface area contributed by atoms with E-state index in [2.05, 4.69) is 47.6 Å². The van der Waals surface area contributed by atoms with Crippen molar-refractivity contribution in [1.82, 2.24) is 4.98 Å². The van der Waals surface area contributed by atoms with Crippen LogP contribution >= 0.6 is 11.3 Å². The molecule has 0 bridgehead atoms. The number of hydrogen-bond acceptors (Lipinski definition) is 3. The summed E-state index contributed by atoms with van der Waals surface area (Å²) in [6.07, 6.45) is 10.5. The quantitative estimate of drug-likeness (QED) is 0.343. The van der Waals surface area contributed by atoms with Crippen molar-refractivity contribution >= 4 is 33.1 Å². The zero-order valence-electron chi connectivity index (χ0n) is 16.7. The predicted molar refractivity (Wildman–Crippen MR) is 121 cm³/mol. The van der Waals surface area contributed by atoms with Gasteiger partial charge in [0.25, 0.3) is 0 Å². The Bertz CT molecular complexity index is 887. The maximum Gasteiger partial charge on any atom is 0.226 e. The highest BCUT2D eigenvalue weighted by Crippen LogP contribution is 2.27. The maximum atomic E-state index is 12.2. The minimum absolute atomic E-state index is 0.0744. The maximum absolute atomic E-state index is 12.2. The van der Waals surface area contributed by atoms with Crippen molar-refractivity contribution in [2.45, 2.75) is 64.7 Å². The number of carbonyl (C=O) groups is 1. The monoisotopic (exact) mass is 394 g/mol. The predicted octanol–water partition coefficient (Wildman–Crippen LogP) is 7.43. The van der Waals surface area contributed by atoms with E-state index in [4.69, 9.17) is 0 Å². The first-order valence-corrected chi connectivity index (χ1v) is 11.4. The molecule has 1 N–H and O–H groups in total. The number of nitrogens with zero attached hydrogens (tertiary/aromatic N) is 1. The number of carbonyl (C=O) groups excluding carboxylic acids is 1. The van der Waals surface area contributed by atoms with E-state index < -0.39 is 0 Å². The topological polar surface area (TPSA) is 42.0 Å². The van der Waals surface area contributed by atoms with Gasteiger partial charge in [0.1, 0.15) is 0 Å². The van der Waals surface area contributed by atoms with Crippen LogP contribution in [0, 0.1) is 0 Å². The van der Waals surface area contributed by atoms with Crippen molar-refractivity contribution in [1.29, 1.82) is 0 Å². The van der Waals surface area contributed by atoms with Crippen LogP contribution in [0.2, 0.25) is 0 Å². The number of hydrogen-bond donors (Lipinski definition) is 1. The van der Waals surface area contributed by atoms with Gasteiger partial charge >= 0.3 is 0 Å². The van der Waals surface area contributed by atoms with E-state index in [1.54, 1.807) is 0 Å². The highest BCUT2D eigenvalue weighted by Gasteiger charge is 2.08. The van der Waals surface area contributed by atoms with Crippen LogP contribution in [-0.4, -0.2) is 10.9 Å². The molecule has 0 saturated heterocycles. The largest absolute Gasteiger partial charge is 0.302 e. The van der Waals surface area contributed by atoms with Gasteiger partial charge in [0, 0.05) is 17.4 Å². The molecule has 1 aromatic heterocycles. The molecular formula is C24H30N2OS. The highest BCUT2D eigenvalue weighted by atomic mass is 32.1. The third-order valence-electron chi connectivity index (χ3n) is 5.05. The van der Waals surface area contributed by atoms with Crippen molar-refractivity contribution in [3.63, 3.8) is 0 Å². The second-order valence-corrected chi connectivity index (χ2v) is 8.23. The lowest BCUT2D eigenvalue weighted by molar-refractivity contribution is -0.116. The standard InChI is InChI=1S/C24H30N2OS/c1-2-3-4-5-6-7-8-9-14-23(27)26-24-25-22(18-28-24)21-16-15-19-12-10-11-13-20(19)17-21/h10-13,15-18H,2-9,14H2,1H3,(H,25,26,27). The summed E-state index contributed by atoms with van der Waals surface area (Å²) in [5.41, 5.74) is 2.00. The molecule has 3 aromatic rings. The number of fused-ring (bicyclic) bond motifs is 1. The summed E-state index contributed by atoms with van der Waals surface area (Å²) in [5.74, 6) is 0.0744. The SMILES string of the molecule is CCCCCCCCCCC(=O)Nc1nc(-c2ccc3ccccc3c2)cs1. The summed E-state index contributed by atoms with van der Waals surface area (Å²) in [6, 6.07) is 14.7. The third kappa shape index (κ3) is 6.16. The molecule has 0 saturated carbocycles. The molecule has 0 spiro atoms. The Morgan fingerprint density at radius 3 is 2.43 bits per heavy atom. The van der Waals surface area contributed by atoms with Gasteiger partial charge in [-0.1, -0.05) is 88.3 Å². The van der Waals surface area contributed by atoms with Gasteiger partial charge in [-0.2, -0.15) is 0 Å². The summed E-state index contributed by atoms with van der Waals surface area (Å²) in [7, 11) is 0. The van der Waals surface area contributed by atoms with Crippen molar-refractivity contribution in [3.05, 3.63) is 47.8 Å². The molecule has 1 amide bonds. The van der Waals surface area contributed by atoms with Crippen molar-refractivity contribution < 1.29 is 4.79 Å². The van der Waals surface area contributed by atoms with Gasteiger partial charge in [-0.05, 0) is 23.3 Å². The number of nitrogens with one attached hydrogen (secondary N) is 1. The Morgan fingerprint density at radius 2 is 1.64 bits per heavy atom. The van der Waals surface area contributed by atoms with E-state index in [9.17, 15) is 4.79 Å². The molecule has 0 aliphatic heterocycles. The first-order valence-electron chi connectivity index (χ1n) is 10.5. The van der Waals surface area contributed by atoms with E-state index in [0.717, 1.165) is 24.1 Å². The lowest BCUT2D eigenvalue weighted by Crippen LogP contribution is -2.10. The van der Waals surface area contributed by atoms with Crippen molar-refractivity contribution in [3.8, 4) is 11.3 Å². The number of rotatable bonds is 11. The first-order chi connectivity index (χ1) is 13.8. The zero-order valence-corrected chi connectivity index (χ0v) is 17.6. The van der Waals surface area contributed by atoms with Gasteiger partial charge in [-0.3, -0.25) is 4.79 Å². The number of benzene rings is 2. The van der Waals surface area contributed by atoms with E-state index in [0.29, 0.717) is 11.6 Å². The normalized spacial score (nSPS) is 11.0. The Labute approximate surface area is 172 Å². The van der Waals surface area contributed by atoms with E-state index in [1.165, 1.54) is 60.6 Å².